The number of rotatable bonds is 3. The van der Waals surface area contributed by atoms with E-state index in [2.05, 4.69) is 26.3 Å². The largest absolute Gasteiger partial charge is 0.271 e. The summed E-state index contributed by atoms with van der Waals surface area (Å²) in [6, 6.07) is 6.86. The first-order chi connectivity index (χ1) is 9.04. The van der Waals surface area contributed by atoms with Gasteiger partial charge in [0, 0.05) is 11.3 Å². The summed E-state index contributed by atoms with van der Waals surface area (Å²) in [7, 11) is 0. The van der Waals surface area contributed by atoms with Crippen molar-refractivity contribution in [3.05, 3.63) is 63.4 Å². The minimum absolute atomic E-state index is 0.157. The first-order valence-electron chi connectivity index (χ1n) is 5.57. The molecular formula is C13H12BrF2N3. The summed E-state index contributed by atoms with van der Waals surface area (Å²) in [5, 5.41) is 0. The van der Waals surface area contributed by atoms with Crippen LogP contribution in [0.3, 0.4) is 0 Å². The minimum atomic E-state index is -0.850. The Bertz CT molecular complexity index is 604. The Morgan fingerprint density at radius 2 is 2.00 bits per heavy atom. The van der Waals surface area contributed by atoms with Gasteiger partial charge in [0.15, 0.2) is 0 Å². The maximum Gasteiger partial charge on any atom is 0.145 e. The Kier molecular flexibility index (Phi) is 4.24. The van der Waals surface area contributed by atoms with E-state index < -0.39 is 17.7 Å². The third kappa shape index (κ3) is 2.80. The maximum atomic E-state index is 14.1. The first kappa shape index (κ1) is 14.0. The van der Waals surface area contributed by atoms with Crippen LogP contribution < -0.4 is 11.3 Å². The highest BCUT2D eigenvalue weighted by atomic mass is 79.9. The molecule has 0 saturated heterocycles. The topological polar surface area (TPSA) is 50.9 Å². The maximum absolute atomic E-state index is 14.1. The molecule has 0 aliphatic heterocycles. The number of aryl methyl sites for hydroxylation is 1. The molecule has 0 radical (unpaired) electrons. The second-order valence-corrected chi connectivity index (χ2v) is 4.91. The number of nitrogens with one attached hydrogen (secondary N) is 1. The van der Waals surface area contributed by atoms with Crippen molar-refractivity contribution in [1.29, 1.82) is 0 Å². The van der Waals surface area contributed by atoms with Gasteiger partial charge in [-0.25, -0.2) is 14.2 Å². The predicted octanol–water partition coefficient (Wildman–Crippen LogP) is 2.98. The normalized spacial score (nSPS) is 12.5. The third-order valence-electron chi connectivity index (χ3n) is 2.74. The Hall–Kier alpha value is -1.37. The molecule has 2 rings (SSSR count). The van der Waals surface area contributed by atoms with Crippen LogP contribution >= 0.6 is 15.9 Å². The van der Waals surface area contributed by atoms with E-state index in [1.807, 2.05) is 0 Å². The molecule has 1 unspecified atom stereocenters. The number of hydrogen-bond donors (Lipinski definition) is 2. The lowest BCUT2D eigenvalue weighted by atomic mass is 10.0. The molecule has 2 aromatic rings. The van der Waals surface area contributed by atoms with Crippen molar-refractivity contribution in [1.82, 2.24) is 10.4 Å². The van der Waals surface area contributed by atoms with Gasteiger partial charge in [0.05, 0.1) is 16.2 Å². The van der Waals surface area contributed by atoms with E-state index in [9.17, 15) is 8.78 Å². The van der Waals surface area contributed by atoms with Gasteiger partial charge in [-0.3, -0.25) is 10.8 Å². The van der Waals surface area contributed by atoms with Gasteiger partial charge in [-0.2, -0.15) is 0 Å². The van der Waals surface area contributed by atoms with E-state index >= 15 is 0 Å². The van der Waals surface area contributed by atoms with Gasteiger partial charge in [-0.1, -0.05) is 6.07 Å². The Labute approximate surface area is 117 Å². The van der Waals surface area contributed by atoms with E-state index in [1.54, 1.807) is 25.1 Å². The van der Waals surface area contributed by atoms with Crippen LogP contribution in [0.2, 0.25) is 0 Å². The number of aromatic nitrogens is 1. The molecule has 0 bridgehead atoms. The Balaban J connectivity index is 2.57. The average Bonchev–Trinajstić information content (AvgIpc) is 2.39. The molecule has 3 nitrogen and oxygen atoms in total. The molecule has 1 aromatic carbocycles. The summed E-state index contributed by atoms with van der Waals surface area (Å²) >= 11 is 3.03. The summed E-state index contributed by atoms with van der Waals surface area (Å²) in [6.07, 6.45) is 0. The van der Waals surface area contributed by atoms with Crippen molar-refractivity contribution < 1.29 is 8.78 Å². The van der Waals surface area contributed by atoms with Gasteiger partial charge in [0.1, 0.15) is 11.6 Å². The number of nitrogens with zero attached hydrogens (tertiary/aromatic N) is 1. The monoisotopic (exact) mass is 327 g/mol. The van der Waals surface area contributed by atoms with E-state index in [0.717, 1.165) is 5.69 Å². The zero-order valence-corrected chi connectivity index (χ0v) is 11.7. The van der Waals surface area contributed by atoms with Crippen molar-refractivity contribution in [3.8, 4) is 0 Å². The average molecular weight is 328 g/mol. The molecule has 0 fully saturated rings. The van der Waals surface area contributed by atoms with Crippen LogP contribution in [0.25, 0.3) is 0 Å². The zero-order chi connectivity index (χ0) is 14.0. The SMILES string of the molecule is Cc1cccc(C(NN)c2c(F)ccc(Br)c2F)n1. The van der Waals surface area contributed by atoms with Gasteiger partial charge >= 0.3 is 0 Å². The lowest BCUT2D eigenvalue weighted by Gasteiger charge is -2.18. The van der Waals surface area contributed by atoms with Crippen molar-refractivity contribution in [3.63, 3.8) is 0 Å². The van der Waals surface area contributed by atoms with Gasteiger partial charge in [0.2, 0.25) is 0 Å². The number of pyridine rings is 1. The second-order valence-electron chi connectivity index (χ2n) is 4.06. The van der Waals surface area contributed by atoms with Gasteiger partial charge < -0.3 is 0 Å². The number of benzene rings is 1. The number of hydrogen-bond acceptors (Lipinski definition) is 3. The molecule has 6 heteroatoms. The fourth-order valence-corrected chi connectivity index (χ4v) is 2.19. The summed E-state index contributed by atoms with van der Waals surface area (Å²) in [4.78, 5) is 4.24. The molecular weight excluding hydrogens is 316 g/mol. The highest BCUT2D eigenvalue weighted by Crippen LogP contribution is 2.29. The number of hydrazine groups is 1. The van der Waals surface area contributed by atoms with Crippen molar-refractivity contribution >= 4 is 15.9 Å². The van der Waals surface area contributed by atoms with E-state index in [0.29, 0.717) is 5.69 Å². The van der Waals surface area contributed by atoms with Crippen LogP contribution in [-0.2, 0) is 0 Å². The predicted molar refractivity (Wildman–Crippen MR) is 72.2 cm³/mol. The van der Waals surface area contributed by atoms with E-state index in [1.165, 1.54) is 12.1 Å². The van der Waals surface area contributed by atoms with Gasteiger partial charge in [-0.05, 0) is 47.1 Å². The Morgan fingerprint density at radius 1 is 1.26 bits per heavy atom. The molecule has 0 saturated carbocycles. The molecule has 3 N–H and O–H groups in total. The molecule has 19 heavy (non-hydrogen) atoms. The summed E-state index contributed by atoms with van der Waals surface area (Å²) < 4.78 is 28.1. The number of nitrogens with two attached hydrogens (primary N) is 1. The fourth-order valence-electron chi connectivity index (χ4n) is 1.85. The lowest BCUT2D eigenvalue weighted by Crippen LogP contribution is -2.31. The lowest BCUT2D eigenvalue weighted by molar-refractivity contribution is 0.502. The van der Waals surface area contributed by atoms with Crippen LogP contribution in [0, 0.1) is 18.6 Å². The van der Waals surface area contributed by atoms with Crippen LogP contribution in [-0.4, -0.2) is 4.98 Å². The van der Waals surface area contributed by atoms with Crippen molar-refractivity contribution in [2.45, 2.75) is 13.0 Å². The molecule has 1 atom stereocenters. The molecule has 1 aromatic heterocycles. The molecule has 0 aliphatic rings. The standard InChI is InChI=1S/C13H12BrF2N3/c1-7-3-2-4-10(18-7)13(19-17)11-9(15)6-5-8(14)12(11)16/h2-6,13,19H,17H2,1H3. The van der Waals surface area contributed by atoms with Crippen LogP contribution in [0.15, 0.2) is 34.8 Å². The Morgan fingerprint density at radius 3 is 2.63 bits per heavy atom. The smallest absolute Gasteiger partial charge is 0.145 e. The fraction of sp³-hybridized carbons (Fsp3) is 0.154. The van der Waals surface area contributed by atoms with Crippen LogP contribution in [0.1, 0.15) is 23.0 Å². The number of halogens is 3. The molecule has 0 aliphatic carbocycles. The quantitative estimate of drug-likeness (QED) is 0.517. The molecule has 100 valence electrons. The van der Waals surface area contributed by atoms with E-state index in [-0.39, 0.29) is 10.0 Å². The van der Waals surface area contributed by atoms with Crippen molar-refractivity contribution in [2.24, 2.45) is 5.84 Å². The van der Waals surface area contributed by atoms with Gasteiger partial charge in [0.25, 0.3) is 0 Å². The minimum Gasteiger partial charge on any atom is -0.271 e. The van der Waals surface area contributed by atoms with Crippen molar-refractivity contribution in [2.75, 3.05) is 0 Å². The first-order valence-corrected chi connectivity index (χ1v) is 6.37. The molecule has 1 heterocycles. The zero-order valence-electron chi connectivity index (χ0n) is 10.1. The third-order valence-corrected chi connectivity index (χ3v) is 3.35. The highest BCUT2D eigenvalue weighted by molar-refractivity contribution is 9.10. The summed E-state index contributed by atoms with van der Waals surface area (Å²) in [5.74, 6) is 4.07. The summed E-state index contributed by atoms with van der Waals surface area (Å²) in [6.45, 7) is 1.80. The van der Waals surface area contributed by atoms with E-state index in [4.69, 9.17) is 5.84 Å². The van der Waals surface area contributed by atoms with Crippen LogP contribution in [0.5, 0.6) is 0 Å². The van der Waals surface area contributed by atoms with Crippen LogP contribution in [0.4, 0.5) is 8.78 Å². The molecule has 0 amide bonds. The molecule has 0 spiro atoms. The van der Waals surface area contributed by atoms with Gasteiger partial charge in [-0.15, -0.1) is 0 Å². The summed E-state index contributed by atoms with van der Waals surface area (Å²) in [5.41, 5.74) is 3.45. The second kappa shape index (κ2) is 5.73. The highest BCUT2D eigenvalue weighted by Gasteiger charge is 2.23.